The molecular formula is C20H26ClNO4. The van der Waals surface area contributed by atoms with E-state index >= 15 is 0 Å². The minimum Gasteiger partial charge on any atom is -0.496 e. The van der Waals surface area contributed by atoms with Gasteiger partial charge in [0.05, 0.1) is 13.5 Å². The van der Waals surface area contributed by atoms with Gasteiger partial charge < -0.3 is 14.8 Å². The predicted molar refractivity (Wildman–Crippen MR) is 101 cm³/mol. The molecule has 1 aliphatic carbocycles. The second kappa shape index (κ2) is 10.2. The number of hydrogen-bond donors (Lipinski definition) is 1. The predicted octanol–water partition coefficient (Wildman–Crippen LogP) is 3.83. The molecular weight excluding hydrogens is 354 g/mol. The molecule has 0 saturated heterocycles. The number of ether oxygens (including phenoxy) is 2. The van der Waals surface area contributed by atoms with Crippen LogP contribution in [0.2, 0.25) is 5.02 Å². The molecule has 0 fully saturated rings. The molecule has 0 bridgehead atoms. The van der Waals surface area contributed by atoms with E-state index in [1.54, 1.807) is 25.1 Å². The molecule has 142 valence electrons. The van der Waals surface area contributed by atoms with Crippen molar-refractivity contribution in [3.8, 4) is 5.75 Å². The Hall–Kier alpha value is -2.01. The third-order valence-corrected chi connectivity index (χ3v) is 4.62. The summed E-state index contributed by atoms with van der Waals surface area (Å²) in [6.45, 7) is 2.14. The molecule has 6 heteroatoms. The maximum Gasteiger partial charge on any atom is 0.311 e. The lowest BCUT2D eigenvalue weighted by Gasteiger charge is -2.16. The summed E-state index contributed by atoms with van der Waals surface area (Å²) in [7, 11) is 1.52. The van der Waals surface area contributed by atoms with E-state index in [-0.39, 0.29) is 12.3 Å². The van der Waals surface area contributed by atoms with Gasteiger partial charge >= 0.3 is 5.97 Å². The van der Waals surface area contributed by atoms with Gasteiger partial charge in [-0.05, 0) is 57.2 Å². The van der Waals surface area contributed by atoms with Gasteiger partial charge in [-0.2, -0.15) is 0 Å². The fraction of sp³-hybridized carbons (Fsp3) is 0.500. The number of carbonyl (C=O) groups excluding carboxylic acids is 2. The second-order valence-corrected chi connectivity index (χ2v) is 6.85. The number of methoxy groups -OCH3 is 1. The second-order valence-electron chi connectivity index (χ2n) is 6.41. The molecule has 0 aromatic heterocycles. The molecule has 0 aliphatic heterocycles. The van der Waals surface area contributed by atoms with E-state index in [0.717, 1.165) is 19.3 Å². The van der Waals surface area contributed by atoms with Gasteiger partial charge in [-0.3, -0.25) is 9.59 Å². The van der Waals surface area contributed by atoms with Crippen LogP contribution in [0, 0.1) is 0 Å². The Morgan fingerprint density at radius 2 is 2.12 bits per heavy atom. The monoisotopic (exact) mass is 379 g/mol. The zero-order valence-electron chi connectivity index (χ0n) is 15.3. The standard InChI is InChI=1S/C20H26ClNO4/c1-14(20(24)22-11-10-15-6-4-3-5-7-15)26-19(23)13-16-12-17(21)8-9-18(16)25-2/h6,8-9,12,14H,3-5,7,10-11,13H2,1-2H3,(H,22,24)/t14-/m0/s1. The maximum absolute atomic E-state index is 12.1. The van der Waals surface area contributed by atoms with Gasteiger partial charge in [-0.1, -0.05) is 23.3 Å². The number of carbonyl (C=O) groups is 2. The lowest BCUT2D eigenvalue weighted by Crippen LogP contribution is -2.36. The minimum atomic E-state index is -0.840. The molecule has 1 aromatic rings. The lowest BCUT2D eigenvalue weighted by molar-refractivity contribution is -0.154. The molecule has 1 aliphatic rings. The molecule has 26 heavy (non-hydrogen) atoms. The van der Waals surface area contributed by atoms with Crippen LogP contribution in [0.5, 0.6) is 5.75 Å². The molecule has 0 unspecified atom stereocenters. The molecule has 1 atom stereocenters. The van der Waals surface area contributed by atoms with Crippen LogP contribution in [0.3, 0.4) is 0 Å². The number of allylic oxidation sites excluding steroid dienone is 1. The van der Waals surface area contributed by atoms with Gasteiger partial charge in [0.25, 0.3) is 5.91 Å². The van der Waals surface area contributed by atoms with Crippen molar-refractivity contribution in [3.05, 3.63) is 40.4 Å². The summed E-state index contributed by atoms with van der Waals surface area (Å²) in [5.74, 6) is -0.222. The summed E-state index contributed by atoms with van der Waals surface area (Å²) >= 11 is 5.96. The maximum atomic E-state index is 12.1. The summed E-state index contributed by atoms with van der Waals surface area (Å²) in [4.78, 5) is 24.2. The average Bonchev–Trinajstić information content (AvgIpc) is 2.62. The smallest absolute Gasteiger partial charge is 0.311 e. The van der Waals surface area contributed by atoms with Gasteiger partial charge in [-0.25, -0.2) is 0 Å². The van der Waals surface area contributed by atoms with Gasteiger partial charge in [0.1, 0.15) is 5.75 Å². The number of amides is 1. The van der Waals surface area contributed by atoms with E-state index in [0.29, 0.717) is 22.9 Å². The first-order chi connectivity index (χ1) is 12.5. The van der Waals surface area contributed by atoms with Crippen molar-refractivity contribution < 1.29 is 19.1 Å². The first-order valence-electron chi connectivity index (χ1n) is 8.97. The van der Waals surface area contributed by atoms with E-state index in [2.05, 4.69) is 11.4 Å². The number of benzene rings is 1. The topological polar surface area (TPSA) is 64.6 Å². The Bertz CT molecular complexity index is 672. The van der Waals surface area contributed by atoms with Crippen molar-refractivity contribution in [1.82, 2.24) is 5.32 Å². The van der Waals surface area contributed by atoms with Crippen molar-refractivity contribution in [2.75, 3.05) is 13.7 Å². The Kier molecular flexibility index (Phi) is 7.98. The van der Waals surface area contributed by atoms with Crippen molar-refractivity contribution in [1.29, 1.82) is 0 Å². The van der Waals surface area contributed by atoms with Gasteiger partial charge in [-0.15, -0.1) is 0 Å². The molecule has 1 aromatic carbocycles. The summed E-state index contributed by atoms with van der Waals surface area (Å²) in [6, 6.07) is 5.04. The highest BCUT2D eigenvalue weighted by Gasteiger charge is 2.19. The Labute approximate surface area is 159 Å². The fourth-order valence-corrected chi connectivity index (χ4v) is 3.15. The first kappa shape index (κ1) is 20.3. The normalized spacial score (nSPS) is 15.0. The van der Waals surface area contributed by atoms with Gasteiger partial charge in [0.15, 0.2) is 6.10 Å². The summed E-state index contributed by atoms with van der Waals surface area (Å²) in [5.41, 5.74) is 2.02. The van der Waals surface area contributed by atoms with Crippen molar-refractivity contribution >= 4 is 23.5 Å². The molecule has 0 saturated carbocycles. The Morgan fingerprint density at radius 1 is 1.31 bits per heavy atom. The SMILES string of the molecule is COc1ccc(Cl)cc1CC(=O)O[C@@H](C)C(=O)NCCC1=CCCCC1. The summed E-state index contributed by atoms with van der Waals surface area (Å²) < 4.78 is 10.4. The highest BCUT2D eigenvalue weighted by Crippen LogP contribution is 2.23. The molecule has 5 nitrogen and oxygen atoms in total. The van der Waals surface area contributed by atoms with Crippen LogP contribution in [-0.4, -0.2) is 31.6 Å². The number of rotatable bonds is 8. The highest BCUT2D eigenvalue weighted by molar-refractivity contribution is 6.30. The van der Waals surface area contributed by atoms with Crippen LogP contribution in [-0.2, 0) is 20.7 Å². The largest absolute Gasteiger partial charge is 0.496 e. The van der Waals surface area contributed by atoms with E-state index in [4.69, 9.17) is 21.1 Å². The zero-order valence-corrected chi connectivity index (χ0v) is 16.1. The quantitative estimate of drug-likeness (QED) is 0.550. The van der Waals surface area contributed by atoms with E-state index < -0.39 is 12.1 Å². The van der Waals surface area contributed by atoms with Crippen LogP contribution in [0.25, 0.3) is 0 Å². The van der Waals surface area contributed by atoms with E-state index in [1.165, 1.54) is 25.5 Å². The number of halogens is 1. The van der Waals surface area contributed by atoms with Gasteiger partial charge in [0.2, 0.25) is 0 Å². The van der Waals surface area contributed by atoms with Crippen molar-refractivity contribution in [2.45, 2.75) is 51.6 Å². The van der Waals surface area contributed by atoms with Crippen LogP contribution in [0.15, 0.2) is 29.8 Å². The molecule has 1 N–H and O–H groups in total. The highest BCUT2D eigenvalue weighted by atomic mass is 35.5. The summed E-state index contributed by atoms with van der Waals surface area (Å²) in [5, 5.41) is 3.34. The number of hydrogen-bond acceptors (Lipinski definition) is 4. The van der Waals surface area contributed by atoms with Crippen LogP contribution in [0.1, 0.15) is 44.6 Å². The summed E-state index contributed by atoms with van der Waals surface area (Å²) in [6.07, 6.45) is 6.98. The Morgan fingerprint density at radius 3 is 2.81 bits per heavy atom. The lowest BCUT2D eigenvalue weighted by atomic mass is 9.97. The van der Waals surface area contributed by atoms with Crippen LogP contribution < -0.4 is 10.1 Å². The van der Waals surface area contributed by atoms with Gasteiger partial charge in [0, 0.05) is 17.1 Å². The zero-order chi connectivity index (χ0) is 18.9. The molecule has 0 radical (unpaired) electrons. The van der Waals surface area contributed by atoms with E-state index in [9.17, 15) is 9.59 Å². The molecule has 1 amide bonds. The third kappa shape index (κ3) is 6.37. The average molecular weight is 380 g/mol. The third-order valence-electron chi connectivity index (χ3n) is 4.39. The number of esters is 1. The van der Waals surface area contributed by atoms with E-state index in [1.807, 2.05) is 0 Å². The first-order valence-corrected chi connectivity index (χ1v) is 9.35. The minimum absolute atomic E-state index is 0.00572. The fourth-order valence-electron chi connectivity index (χ4n) is 2.95. The van der Waals surface area contributed by atoms with Crippen molar-refractivity contribution in [3.63, 3.8) is 0 Å². The molecule has 0 spiro atoms. The molecule has 0 heterocycles. The van der Waals surface area contributed by atoms with Crippen molar-refractivity contribution in [2.24, 2.45) is 0 Å². The van der Waals surface area contributed by atoms with Crippen LogP contribution >= 0.6 is 11.6 Å². The Balaban J connectivity index is 1.78. The van der Waals surface area contributed by atoms with Crippen LogP contribution in [0.4, 0.5) is 0 Å². The number of nitrogens with one attached hydrogen (secondary N) is 1. The molecule has 2 rings (SSSR count).